The summed E-state index contributed by atoms with van der Waals surface area (Å²) in [5, 5.41) is 3.70. The molecule has 1 aliphatic heterocycles. The second-order valence-electron chi connectivity index (χ2n) is 8.83. The van der Waals surface area contributed by atoms with Crippen LogP contribution in [0.5, 0.6) is 0 Å². The zero-order valence-corrected chi connectivity index (χ0v) is 19.3. The zero-order valence-electron chi connectivity index (χ0n) is 19.3. The van der Waals surface area contributed by atoms with Crippen molar-refractivity contribution in [3.8, 4) is 0 Å². The van der Waals surface area contributed by atoms with Crippen LogP contribution in [-0.4, -0.2) is 34.2 Å². The first-order valence-electron chi connectivity index (χ1n) is 11.2. The van der Waals surface area contributed by atoms with Gasteiger partial charge in [-0.25, -0.2) is 4.79 Å². The number of urea groups is 1. The summed E-state index contributed by atoms with van der Waals surface area (Å²) >= 11 is 0. The maximum Gasteiger partial charge on any atom is 0.325 e. The van der Waals surface area contributed by atoms with Gasteiger partial charge in [-0.3, -0.25) is 14.5 Å². The highest BCUT2D eigenvalue weighted by Gasteiger charge is 2.54. The van der Waals surface area contributed by atoms with Crippen molar-refractivity contribution < 1.29 is 14.4 Å². The van der Waals surface area contributed by atoms with Crippen LogP contribution in [-0.2, 0) is 10.3 Å². The molecular formula is C28H25N3O3. The Balaban J connectivity index is 1.57. The van der Waals surface area contributed by atoms with Crippen LogP contribution in [0.3, 0.4) is 0 Å². The van der Waals surface area contributed by atoms with Crippen molar-refractivity contribution in [1.82, 2.24) is 15.2 Å². The molecule has 5 rings (SSSR count). The highest BCUT2D eigenvalue weighted by molar-refractivity contribution is 6.16. The summed E-state index contributed by atoms with van der Waals surface area (Å²) < 4.78 is 0. The molecule has 0 spiro atoms. The number of carbonyl (C=O) groups excluding carboxylic acids is 3. The summed E-state index contributed by atoms with van der Waals surface area (Å²) in [6.45, 7) is 5.45. The Kier molecular flexibility index (Phi) is 5.09. The Hall–Kier alpha value is -4.19. The molecule has 1 aliphatic rings. The lowest BCUT2D eigenvalue weighted by atomic mass is 9.81. The van der Waals surface area contributed by atoms with E-state index in [2.05, 4.69) is 10.3 Å². The Morgan fingerprint density at radius 3 is 2.29 bits per heavy atom. The molecule has 170 valence electrons. The largest absolute Gasteiger partial charge is 0.358 e. The van der Waals surface area contributed by atoms with Crippen LogP contribution in [0.1, 0.15) is 38.3 Å². The minimum absolute atomic E-state index is 0.289. The minimum Gasteiger partial charge on any atom is -0.358 e. The highest BCUT2D eigenvalue weighted by atomic mass is 16.2. The third-order valence-electron chi connectivity index (χ3n) is 6.73. The highest BCUT2D eigenvalue weighted by Crippen LogP contribution is 2.37. The molecule has 0 bridgehead atoms. The van der Waals surface area contributed by atoms with Gasteiger partial charge >= 0.3 is 6.03 Å². The summed E-state index contributed by atoms with van der Waals surface area (Å²) in [6.07, 6.45) is 0. The number of hydrogen-bond donors (Lipinski definition) is 2. The second kappa shape index (κ2) is 7.99. The Morgan fingerprint density at radius 2 is 1.56 bits per heavy atom. The monoisotopic (exact) mass is 451 g/mol. The minimum atomic E-state index is -1.40. The van der Waals surface area contributed by atoms with E-state index in [0.717, 1.165) is 26.9 Å². The normalized spacial score (nSPS) is 17.9. The number of nitrogens with one attached hydrogen (secondary N) is 2. The van der Waals surface area contributed by atoms with Crippen molar-refractivity contribution >= 4 is 28.6 Å². The Bertz CT molecular complexity index is 1450. The smallest absolute Gasteiger partial charge is 0.325 e. The lowest BCUT2D eigenvalue weighted by Crippen LogP contribution is -2.45. The molecule has 4 aromatic rings. The van der Waals surface area contributed by atoms with Crippen LogP contribution in [0.25, 0.3) is 10.9 Å². The van der Waals surface area contributed by atoms with Crippen LogP contribution in [0, 0.1) is 20.8 Å². The van der Waals surface area contributed by atoms with E-state index in [0.29, 0.717) is 22.4 Å². The number of Topliss-reactive ketones (excluding diaryl/α,β-unsaturated/α-hetero) is 1. The maximum atomic E-state index is 14.0. The fraction of sp³-hybridized carbons (Fsp3) is 0.179. The summed E-state index contributed by atoms with van der Waals surface area (Å²) in [5.41, 5.74) is 4.07. The quantitative estimate of drug-likeness (QED) is 0.339. The Labute approximate surface area is 197 Å². The number of aryl methyl sites for hydroxylation is 3. The van der Waals surface area contributed by atoms with E-state index in [4.69, 9.17) is 0 Å². The number of H-pyrrole nitrogens is 1. The summed E-state index contributed by atoms with van der Waals surface area (Å²) in [5.74, 6) is -0.750. The van der Waals surface area contributed by atoms with Crippen molar-refractivity contribution in [3.63, 3.8) is 0 Å². The molecule has 1 saturated heterocycles. The van der Waals surface area contributed by atoms with Gasteiger partial charge in [0.25, 0.3) is 5.91 Å². The number of para-hydroxylation sites is 1. The number of imide groups is 1. The van der Waals surface area contributed by atoms with Crippen molar-refractivity contribution in [2.75, 3.05) is 6.54 Å². The molecule has 6 nitrogen and oxygen atoms in total. The summed E-state index contributed by atoms with van der Waals surface area (Å²) in [4.78, 5) is 44.8. The van der Waals surface area contributed by atoms with Crippen molar-refractivity contribution in [2.24, 2.45) is 0 Å². The number of fused-ring (bicyclic) bond motifs is 1. The van der Waals surface area contributed by atoms with Gasteiger partial charge in [-0.1, -0.05) is 66.7 Å². The SMILES string of the molecule is Cc1ccc(C2(c3ccccc3)NC(=O)N(CC(=O)c3c(C)[nH]c4ccccc34)C2=O)cc1C. The van der Waals surface area contributed by atoms with Crippen LogP contribution in [0.4, 0.5) is 4.79 Å². The van der Waals surface area contributed by atoms with E-state index in [1.807, 2.05) is 93.6 Å². The molecule has 2 heterocycles. The fourth-order valence-electron chi connectivity index (χ4n) is 4.80. The van der Waals surface area contributed by atoms with Gasteiger partial charge in [-0.2, -0.15) is 0 Å². The van der Waals surface area contributed by atoms with Gasteiger partial charge in [0.05, 0.1) is 6.54 Å². The number of hydrogen-bond acceptors (Lipinski definition) is 3. The molecule has 3 aromatic carbocycles. The average Bonchev–Trinajstić information content (AvgIpc) is 3.30. The van der Waals surface area contributed by atoms with Crippen LogP contribution < -0.4 is 5.32 Å². The van der Waals surface area contributed by atoms with Crippen LogP contribution in [0.15, 0.2) is 72.8 Å². The molecule has 1 fully saturated rings. The number of aromatic nitrogens is 1. The van der Waals surface area contributed by atoms with Crippen LogP contribution in [0.2, 0.25) is 0 Å². The molecule has 3 amide bonds. The third-order valence-corrected chi connectivity index (χ3v) is 6.73. The number of rotatable bonds is 5. The van der Waals surface area contributed by atoms with E-state index < -0.39 is 17.5 Å². The molecule has 0 saturated carbocycles. The zero-order chi connectivity index (χ0) is 24.0. The van der Waals surface area contributed by atoms with E-state index in [1.165, 1.54) is 0 Å². The molecular weight excluding hydrogens is 426 g/mol. The van der Waals surface area contributed by atoms with Gasteiger partial charge < -0.3 is 10.3 Å². The molecule has 1 unspecified atom stereocenters. The number of aromatic amines is 1. The summed E-state index contributed by atoms with van der Waals surface area (Å²) in [6, 6.07) is 21.8. The first kappa shape index (κ1) is 21.6. The maximum absolute atomic E-state index is 14.0. The third kappa shape index (κ3) is 3.22. The predicted octanol–water partition coefficient (Wildman–Crippen LogP) is 4.77. The summed E-state index contributed by atoms with van der Waals surface area (Å²) in [7, 11) is 0. The number of nitrogens with zero attached hydrogens (tertiary/aromatic N) is 1. The molecule has 2 N–H and O–H groups in total. The Morgan fingerprint density at radius 1 is 0.853 bits per heavy atom. The van der Waals surface area contributed by atoms with E-state index in [-0.39, 0.29) is 12.3 Å². The van der Waals surface area contributed by atoms with Crippen molar-refractivity contribution in [3.05, 3.63) is 106 Å². The van der Waals surface area contributed by atoms with Gasteiger partial charge in [0, 0.05) is 22.2 Å². The number of amides is 3. The molecule has 1 aromatic heterocycles. The number of carbonyl (C=O) groups is 3. The van der Waals surface area contributed by atoms with Crippen molar-refractivity contribution in [2.45, 2.75) is 26.3 Å². The molecule has 6 heteroatoms. The van der Waals surface area contributed by atoms with E-state index in [1.54, 1.807) is 0 Å². The predicted molar refractivity (Wildman–Crippen MR) is 131 cm³/mol. The number of ketones is 1. The lowest BCUT2D eigenvalue weighted by Gasteiger charge is -2.28. The first-order chi connectivity index (χ1) is 16.3. The standard InChI is InChI=1S/C28H25N3O3/c1-17-13-14-21(15-18(17)2)28(20-9-5-4-6-10-20)26(33)31(27(34)30-28)16-24(32)25-19(3)29-23-12-8-7-11-22(23)25/h4-15,29H,16H2,1-3H3,(H,30,34). The van der Waals surface area contributed by atoms with Gasteiger partial charge in [0.1, 0.15) is 0 Å². The second-order valence-corrected chi connectivity index (χ2v) is 8.83. The topological polar surface area (TPSA) is 82.3 Å². The van der Waals surface area contributed by atoms with E-state index >= 15 is 0 Å². The van der Waals surface area contributed by atoms with Gasteiger partial charge in [0.2, 0.25) is 0 Å². The van der Waals surface area contributed by atoms with Gasteiger partial charge in [-0.15, -0.1) is 0 Å². The van der Waals surface area contributed by atoms with E-state index in [9.17, 15) is 14.4 Å². The number of benzene rings is 3. The van der Waals surface area contributed by atoms with Crippen LogP contribution >= 0.6 is 0 Å². The first-order valence-corrected chi connectivity index (χ1v) is 11.2. The molecule has 0 aliphatic carbocycles. The van der Waals surface area contributed by atoms with Gasteiger partial charge in [-0.05, 0) is 49.1 Å². The van der Waals surface area contributed by atoms with Crippen molar-refractivity contribution in [1.29, 1.82) is 0 Å². The molecule has 0 radical (unpaired) electrons. The fourth-order valence-corrected chi connectivity index (χ4v) is 4.80. The van der Waals surface area contributed by atoms with Gasteiger partial charge in [0.15, 0.2) is 11.3 Å². The lowest BCUT2D eigenvalue weighted by molar-refractivity contribution is -0.129. The molecule has 1 atom stereocenters. The average molecular weight is 452 g/mol. The molecule has 34 heavy (non-hydrogen) atoms.